The molecule has 0 N–H and O–H groups in total. The van der Waals surface area contributed by atoms with Gasteiger partial charge in [-0.1, -0.05) is 33.9 Å². The van der Waals surface area contributed by atoms with Crippen molar-refractivity contribution in [2.45, 2.75) is 38.9 Å². The van der Waals surface area contributed by atoms with E-state index in [1.54, 1.807) is 0 Å². The first kappa shape index (κ1) is 12.2. The van der Waals surface area contributed by atoms with Gasteiger partial charge < -0.3 is 0 Å². The zero-order valence-electron chi connectivity index (χ0n) is 8.93. The van der Waals surface area contributed by atoms with Crippen LogP contribution in [0.5, 0.6) is 0 Å². The van der Waals surface area contributed by atoms with E-state index >= 15 is 0 Å². The molecule has 0 aliphatic carbocycles. The molecule has 0 rings (SSSR count). The van der Waals surface area contributed by atoms with Gasteiger partial charge in [0.05, 0.1) is 8.07 Å². The van der Waals surface area contributed by atoms with Crippen LogP contribution in [0.25, 0.3) is 0 Å². The van der Waals surface area contributed by atoms with Gasteiger partial charge in [0.25, 0.3) is 0 Å². The third-order valence-electron chi connectivity index (χ3n) is 2.65. The van der Waals surface area contributed by atoms with Crippen LogP contribution < -0.4 is 0 Å². The summed E-state index contributed by atoms with van der Waals surface area (Å²) >= 11 is 0. The van der Waals surface area contributed by atoms with Gasteiger partial charge in [-0.25, -0.2) is 8.42 Å². The van der Waals surface area contributed by atoms with Gasteiger partial charge in [0.2, 0.25) is 0 Å². The highest BCUT2D eigenvalue weighted by molar-refractivity contribution is 7.92. The van der Waals surface area contributed by atoms with E-state index in [2.05, 4.69) is 33.9 Å². The monoisotopic (exact) mass is 208 g/mol. The third kappa shape index (κ3) is 3.71. The molecule has 0 aromatic carbocycles. The van der Waals surface area contributed by atoms with Crippen LogP contribution in [0, 0.1) is 0 Å². The molecule has 0 unspecified atom stereocenters. The molecule has 12 heavy (non-hydrogen) atoms. The second-order valence-corrected chi connectivity index (χ2v) is 13.5. The molecule has 0 heterocycles. The summed E-state index contributed by atoms with van der Waals surface area (Å²) in [5.74, 6) is 0. The Bertz CT molecular complexity index is 247. The van der Waals surface area contributed by atoms with Gasteiger partial charge in [-0.05, 0) is 5.04 Å². The van der Waals surface area contributed by atoms with E-state index in [4.69, 9.17) is 0 Å². The van der Waals surface area contributed by atoms with Crippen molar-refractivity contribution in [3.63, 3.8) is 0 Å². The van der Waals surface area contributed by atoms with E-state index in [9.17, 15) is 8.42 Å². The molecule has 2 nitrogen and oxygen atoms in total. The van der Waals surface area contributed by atoms with Gasteiger partial charge in [0.15, 0.2) is 0 Å². The molecule has 0 bridgehead atoms. The summed E-state index contributed by atoms with van der Waals surface area (Å²) in [6.45, 7) is 10.7. The van der Waals surface area contributed by atoms with E-state index in [1.165, 1.54) is 6.26 Å². The molecule has 0 amide bonds. The van der Waals surface area contributed by atoms with Crippen LogP contribution >= 0.6 is 0 Å². The van der Waals surface area contributed by atoms with Crippen LogP contribution in [0.1, 0.15) is 20.8 Å². The Kier molecular flexibility index (Phi) is 3.19. The summed E-state index contributed by atoms with van der Waals surface area (Å²) < 4.78 is 22.3. The van der Waals surface area contributed by atoms with E-state index in [-0.39, 0.29) is 5.04 Å². The molecule has 0 spiro atoms. The summed E-state index contributed by atoms with van der Waals surface area (Å²) in [5.41, 5.74) is 0. The summed E-state index contributed by atoms with van der Waals surface area (Å²) in [7, 11) is -4.43. The van der Waals surface area contributed by atoms with Crippen LogP contribution in [0.15, 0.2) is 0 Å². The summed E-state index contributed by atoms with van der Waals surface area (Å²) in [4.78, 5) is 0. The highest BCUT2D eigenvalue weighted by Gasteiger charge is 2.37. The minimum atomic E-state index is -2.80. The molecule has 0 radical (unpaired) electrons. The normalized spacial score (nSPS) is 14.8. The van der Waals surface area contributed by atoms with Crippen molar-refractivity contribution in [3.05, 3.63) is 0 Å². The molecule has 0 atom stereocenters. The zero-order chi connectivity index (χ0) is 10.2. The van der Waals surface area contributed by atoms with Gasteiger partial charge in [0, 0.05) is 11.6 Å². The van der Waals surface area contributed by atoms with Crippen LogP contribution in [0.4, 0.5) is 0 Å². The molecule has 0 aromatic rings. The van der Waals surface area contributed by atoms with E-state index in [0.29, 0.717) is 5.38 Å². The fourth-order valence-corrected chi connectivity index (χ4v) is 7.85. The standard InChI is InChI=1S/C8H20O2SSi/c1-8(2,3)12(5,6)7-11(4,9)10/h7H2,1-6H3. The van der Waals surface area contributed by atoms with Crippen molar-refractivity contribution in [1.82, 2.24) is 0 Å². The predicted octanol–water partition coefficient (Wildman–Crippen LogP) is 2.08. The summed E-state index contributed by atoms with van der Waals surface area (Å²) in [6, 6.07) is 0. The average molecular weight is 208 g/mol. The van der Waals surface area contributed by atoms with Crippen molar-refractivity contribution in [2.75, 3.05) is 11.6 Å². The Morgan fingerprint density at radius 1 is 1.17 bits per heavy atom. The molecule has 0 fully saturated rings. The van der Waals surface area contributed by atoms with E-state index in [1.807, 2.05) is 0 Å². The highest BCUT2D eigenvalue weighted by Crippen LogP contribution is 2.36. The average Bonchev–Trinajstić information content (AvgIpc) is 1.52. The Morgan fingerprint density at radius 2 is 1.50 bits per heavy atom. The maximum atomic E-state index is 11.1. The lowest BCUT2D eigenvalue weighted by molar-refractivity contribution is 0.604. The first-order valence-corrected chi connectivity index (χ1v) is 9.40. The second kappa shape index (κ2) is 3.14. The first-order valence-electron chi connectivity index (χ1n) is 4.13. The SMILES string of the molecule is CC(C)(C)[Si](C)(C)CS(C)(=O)=O. The molecule has 4 heteroatoms. The van der Waals surface area contributed by atoms with Crippen LogP contribution in [0.3, 0.4) is 0 Å². The van der Waals surface area contributed by atoms with Crippen LogP contribution in [-0.2, 0) is 9.84 Å². The van der Waals surface area contributed by atoms with Gasteiger partial charge in [0.1, 0.15) is 9.84 Å². The van der Waals surface area contributed by atoms with Crippen LogP contribution in [0.2, 0.25) is 18.1 Å². The Morgan fingerprint density at radius 3 is 1.58 bits per heavy atom. The number of sulfone groups is 1. The van der Waals surface area contributed by atoms with Crippen molar-refractivity contribution in [2.24, 2.45) is 0 Å². The number of hydrogen-bond acceptors (Lipinski definition) is 2. The highest BCUT2D eigenvalue weighted by atomic mass is 32.2. The van der Waals surface area contributed by atoms with Crippen LogP contribution in [-0.4, -0.2) is 28.1 Å². The lowest BCUT2D eigenvalue weighted by Crippen LogP contribution is -2.44. The van der Waals surface area contributed by atoms with Gasteiger partial charge in [-0.3, -0.25) is 0 Å². The minimum Gasteiger partial charge on any atom is -0.229 e. The topological polar surface area (TPSA) is 34.1 Å². The number of hydrogen-bond donors (Lipinski definition) is 0. The maximum Gasteiger partial charge on any atom is 0.145 e. The van der Waals surface area contributed by atoms with E-state index in [0.717, 1.165) is 0 Å². The molecule has 0 aliphatic rings. The molecule has 0 saturated carbocycles. The molecular formula is C8H20O2SSi. The smallest absolute Gasteiger partial charge is 0.145 e. The fourth-order valence-electron chi connectivity index (χ4n) is 0.872. The molecule has 0 aromatic heterocycles. The Labute approximate surface area is 77.3 Å². The minimum absolute atomic E-state index is 0.163. The van der Waals surface area contributed by atoms with Crippen molar-refractivity contribution in [3.8, 4) is 0 Å². The largest absolute Gasteiger partial charge is 0.229 e. The second-order valence-electron chi connectivity index (χ2n) is 5.20. The number of rotatable bonds is 2. The lowest BCUT2D eigenvalue weighted by Gasteiger charge is -2.36. The Balaban J connectivity index is 4.67. The lowest BCUT2D eigenvalue weighted by atomic mass is 10.2. The third-order valence-corrected chi connectivity index (χ3v) is 11.7. The fraction of sp³-hybridized carbons (Fsp3) is 1.00. The predicted molar refractivity (Wildman–Crippen MR) is 56.9 cm³/mol. The maximum absolute atomic E-state index is 11.1. The van der Waals surface area contributed by atoms with Gasteiger partial charge in [-0.2, -0.15) is 0 Å². The summed E-state index contributed by atoms with van der Waals surface area (Å²) in [6.07, 6.45) is 1.33. The van der Waals surface area contributed by atoms with Crippen molar-refractivity contribution < 1.29 is 8.42 Å². The molecule has 0 aliphatic heterocycles. The van der Waals surface area contributed by atoms with Gasteiger partial charge in [-0.15, -0.1) is 0 Å². The Hall–Kier alpha value is 0.167. The molecule has 0 saturated heterocycles. The van der Waals surface area contributed by atoms with Crippen molar-refractivity contribution in [1.29, 1.82) is 0 Å². The van der Waals surface area contributed by atoms with Crippen molar-refractivity contribution >= 4 is 17.9 Å². The quantitative estimate of drug-likeness (QED) is 0.651. The van der Waals surface area contributed by atoms with E-state index < -0.39 is 17.9 Å². The zero-order valence-corrected chi connectivity index (χ0v) is 10.7. The molecular weight excluding hydrogens is 188 g/mol. The first-order chi connectivity index (χ1) is 4.96. The molecule has 74 valence electrons. The van der Waals surface area contributed by atoms with Gasteiger partial charge >= 0.3 is 0 Å². The summed E-state index contributed by atoms with van der Waals surface area (Å²) in [5, 5.41) is 0.555.